The van der Waals surface area contributed by atoms with Gasteiger partial charge in [0, 0.05) is 37.9 Å². The molecule has 4 rings (SSSR count). The lowest BCUT2D eigenvalue weighted by Crippen LogP contribution is -2.54. The van der Waals surface area contributed by atoms with E-state index in [-0.39, 0.29) is 12.1 Å². The molecule has 1 heterocycles. The smallest absolute Gasteiger partial charge is 0.0615 e. The first kappa shape index (κ1) is 26.9. The molecule has 1 fully saturated rings. The number of fused-ring (bicyclic) bond motifs is 1. The van der Waals surface area contributed by atoms with E-state index in [1.807, 2.05) is 6.08 Å². The Balaban J connectivity index is 1.44. The number of hydrogen-bond donors (Lipinski definition) is 1. The Labute approximate surface area is 224 Å². The molecular weight excluding hydrogens is 450 g/mol. The number of nitrogens with zero attached hydrogens (tertiary/aromatic N) is 2. The van der Waals surface area contributed by atoms with Gasteiger partial charge in [0.05, 0.1) is 6.04 Å². The van der Waals surface area contributed by atoms with E-state index < -0.39 is 0 Å². The van der Waals surface area contributed by atoms with Gasteiger partial charge in [0.2, 0.25) is 0 Å². The molecule has 194 valence electrons. The summed E-state index contributed by atoms with van der Waals surface area (Å²) in [7, 11) is 2.22. The molecule has 1 saturated heterocycles. The highest BCUT2D eigenvalue weighted by Gasteiger charge is 2.28. The Bertz CT molecular complexity index is 1270. The van der Waals surface area contributed by atoms with Gasteiger partial charge in [-0.05, 0) is 66.8 Å². The molecule has 37 heavy (non-hydrogen) atoms. The van der Waals surface area contributed by atoms with Crippen LogP contribution in [0.1, 0.15) is 37.0 Å². The lowest BCUT2D eigenvalue weighted by molar-refractivity contribution is 0.120. The van der Waals surface area contributed by atoms with Crippen LogP contribution in [0.2, 0.25) is 0 Å². The summed E-state index contributed by atoms with van der Waals surface area (Å²) in [5.74, 6) is 0. The number of allylic oxidation sites excluding steroid dienone is 1. The maximum atomic E-state index is 4.51. The number of aryl methyl sites for hydroxylation is 1. The molecule has 0 aliphatic carbocycles. The van der Waals surface area contributed by atoms with E-state index in [0.29, 0.717) is 0 Å². The van der Waals surface area contributed by atoms with E-state index in [0.717, 1.165) is 44.7 Å². The predicted molar refractivity (Wildman–Crippen MR) is 161 cm³/mol. The third kappa shape index (κ3) is 6.60. The minimum Gasteiger partial charge on any atom is -0.381 e. The van der Waals surface area contributed by atoms with Crippen LogP contribution in [0.3, 0.4) is 0 Å². The maximum absolute atomic E-state index is 4.51. The van der Waals surface area contributed by atoms with Crippen molar-refractivity contribution < 1.29 is 0 Å². The molecule has 0 spiro atoms. The highest BCUT2D eigenvalue weighted by Crippen LogP contribution is 2.26. The van der Waals surface area contributed by atoms with Crippen molar-refractivity contribution in [3.8, 4) is 0 Å². The highest BCUT2D eigenvalue weighted by atomic mass is 15.3. The van der Waals surface area contributed by atoms with Crippen LogP contribution in [0.25, 0.3) is 16.3 Å². The summed E-state index contributed by atoms with van der Waals surface area (Å²) in [5.41, 5.74) is 8.07. The largest absolute Gasteiger partial charge is 0.381 e. The second-order valence-corrected chi connectivity index (χ2v) is 10.6. The number of nitrogens with one attached hydrogen (secondary N) is 1. The summed E-state index contributed by atoms with van der Waals surface area (Å²) in [6, 6.07) is 24.5. The van der Waals surface area contributed by atoms with Gasteiger partial charge in [0.15, 0.2) is 0 Å². The first-order valence-electron chi connectivity index (χ1n) is 13.6. The molecule has 3 heteroatoms. The summed E-state index contributed by atoms with van der Waals surface area (Å²) in [6.45, 7) is 19.4. The normalized spacial score (nSPS) is 18.3. The summed E-state index contributed by atoms with van der Waals surface area (Å²) < 4.78 is 0. The van der Waals surface area contributed by atoms with E-state index in [4.69, 9.17) is 0 Å². The summed E-state index contributed by atoms with van der Waals surface area (Å²) >= 11 is 0. The predicted octanol–water partition coefficient (Wildman–Crippen LogP) is 6.85. The first-order chi connectivity index (χ1) is 17.9. The van der Waals surface area contributed by atoms with Crippen molar-refractivity contribution >= 4 is 16.3 Å². The number of benzene rings is 3. The number of likely N-dealkylation sites (N-methyl/N-ethyl adjacent to an activating group) is 1. The van der Waals surface area contributed by atoms with Crippen molar-refractivity contribution in [3.63, 3.8) is 0 Å². The molecule has 3 nitrogen and oxygen atoms in total. The van der Waals surface area contributed by atoms with Gasteiger partial charge < -0.3 is 5.32 Å². The number of rotatable bonds is 10. The van der Waals surface area contributed by atoms with E-state index in [1.165, 1.54) is 38.6 Å². The number of piperazine rings is 1. The molecule has 0 saturated carbocycles. The van der Waals surface area contributed by atoms with Crippen molar-refractivity contribution in [3.05, 3.63) is 114 Å². The summed E-state index contributed by atoms with van der Waals surface area (Å²) in [4.78, 5) is 5.04. The average Bonchev–Trinajstić information content (AvgIpc) is 2.92. The van der Waals surface area contributed by atoms with E-state index >= 15 is 0 Å². The molecule has 0 aromatic heterocycles. The van der Waals surface area contributed by atoms with Crippen LogP contribution in [0.15, 0.2) is 97.2 Å². The van der Waals surface area contributed by atoms with Gasteiger partial charge in [0.1, 0.15) is 0 Å². The van der Waals surface area contributed by atoms with Gasteiger partial charge in [0.25, 0.3) is 0 Å². The van der Waals surface area contributed by atoms with Crippen molar-refractivity contribution in [2.24, 2.45) is 0 Å². The van der Waals surface area contributed by atoms with Gasteiger partial charge in [-0.3, -0.25) is 9.80 Å². The maximum Gasteiger partial charge on any atom is 0.0615 e. The van der Waals surface area contributed by atoms with Crippen molar-refractivity contribution in [2.75, 3.05) is 33.2 Å². The average molecular weight is 494 g/mol. The molecular formula is C34H43N3. The molecule has 1 aliphatic rings. The van der Waals surface area contributed by atoms with Crippen molar-refractivity contribution in [1.29, 1.82) is 0 Å². The molecule has 1 N–H and O–H groups in total. The zero-order valence-corrected chi connectivity index (χ0v) is 23.1. The number of hydrogen-bond acceptors (Lipinski definition) is 3. The fourth-order valence-electron chi connectivity index (χ4n) is 5.40. The lowest BCUT2D eigenvalue weighted by atomic mass is 9.94. The van der Waals surface area contributed by atoms with Crippen LogP contribution in [-0.4, -0.2) is 55.1 Å². The molecule has 1 aliphatic heterocycles. The highest BCUT2D eigenvalue weighted by molar-refractivity contribution is 5.83. The van der Waals surface area contributed by atoms with Crippen molar-refractivity contribution in [1.82, 2.24) is 15.1 Å². The topological polar surface area (TPSA) is 18.5 Å². The van der Waals surface area contributed by atoms with Crippen LogP contribution < -0.4 is 5.32 Å². The molecule has 3 aromatic rings. The van der Waals surface area contributed by atoms with Gasteiger partial charge in [-0.2, -0.15) is 0 Å². The quantitative estimate of drug-likeness (QED) is 0.312. The van der Waals surface area contributed by atoms with Crippen LogP contribution in [0, 0.1) is 6.92 Å². The third-order valence-corrected chi connectivity index (χ3v) is 7.96. The monoisotopic (exact) mass is 493 g/mol. The van der Waals surface area contributed by atoms with E-state index in [2.05, 4.69) is 123 Å². The van der Waals surface area contributed by atoms with Gasteiger partial charge in [-0.1, -0.05) is 91.9 Å². The first-order valence-corrected chi connectivity index (χ1v) is 13.6. The Morgan fingerprint density at radius 2 is 1.78 bits per heavy atom. The lowest BCUT2D eigenvalue weighted by Gasteiger charge is -2.41. The second-order valence-electron chi connectivity index (χ2n) is 10.6. The fourth-order valence-corrected chi connectivity index (χ4v) is 5.40. The van der Waals surface area contributed by atoms with E-state index in [1.54, 1.807) is 0 Å². The molecule has 0 bridgehead atoms. The van der Waals surface area contributed by atoms with Crippen LogP contribution >= 0.6 is 0 Å². The Morgan fingerprint density at radius 3 is 2.51 bits per heavy atom. The zero-order chi connectivity index (χ0) is 26.4. The summed E-state index contributed by atoms with van der Waals surface area (Å²) in [5, 5.41) is 6.28. The van der Waals surface area contributed by atoms with E-state index in [9.17, 15) is 0 Å². The molecule has 3 aromatic carbocycles. The Kier molecular flexibility index (Phi) is 9.02. The Morgan fingerprint density at radius 1 is 1.05 bits per heavy atom. The Hall–Kier alpha value is -3.14. The standard InChI is InChI=1S/C34H43N3/c1-7-25(3)33(32-16-12-9-13-26(32)4)23-37-20-19-36(6)34(24-37)27(5)35-31(8-2)22-28-17-18-29-14-10-11-15-30(29)21-28/h8-18,21,31,34-35H,2,5,7,19-20,22-24H2,1,3-4,6H3/b33-25+. The van der Waals surface area contributed by atoms with Crippen LogP contribution in [0.4, 0.5) is 0 Å². The van der Waals surface area contributed by atoms with Gasteiger partial charge in [-0.25, -0.2) is 0 Å². The molecule has 0 radical (unpaired) electrons. The van der Waals surface area contributed by atoms with Crippen LogP contribution in [0.5, 0.6) is 0 Å². The van der Waals surface area contributed by atoms with Crippen molar-refractivity contribution in [2.45, 2.75) is 45.7 Å². The molecule has 2 atom stereocenters. The molecule has 2 unspecified atom stereocenters. The van der Waals surface area contributed by atoms with Gasteiger partial charge >= 0.3 is 0 Å². The van der Waals surface area contributed by atoms with Gasteiger partial charge in [-0.15, -0.1) is 6.58 Å². The second kappa shape index (κ2) is 12.4. The SMILES string of the molecule is C=CC(Cc1ccc2ccccc2c1)NC(=C)C1CN(C/C(=C(/C)CC)c2ccccc2C)CCN1C. The third-order valence-electron chi connectivity index (χ3n) is 7.96. The fraction of sp³-hybridized carbons (Fsp3) is 0.353. The minimum absolute atomic E-state index is 0.141. The minimum atomic E-state index is 0.141. The zero-order valence-electron chi connectivity index (χ0n) is 23.1. The van der Waals surface area contributed by atoms with Crippen LogP contribution in [-0.2, 0) is 6.42 Å². The molecule has 0 amide bonds. The summed E-state index contributed by atoms with van der Waals surface area (Å²) in [6.07, 6.45) is 3.98.